The van der Waals surface area contributed by atoms with Gasteiger partial charge in [-0.1, -0.05) is 56.7 Å². The third-order valence-electron chi connectivity index (χ3n) is 5.66. The number of nitrogens with zero attached hydrogens (tertiary/aromatic N) is 1. The van der Waals surface area contributed by atoms with Crippen LogP contribution in [-0.4, -0.2) is 35.9 Å². The van der Waals surface area contributed by atoms with Gasteiger partial charge in [-0.05, 0) is 68.4 Å². The van der Waals surface area contributed by atoms with Crippen molar-refractivity contribution in [3.05, 3.63) is 64.2 Å². The average Bonchev–Trinajstić information content (AvgIpc) is 2.74. The van der Waals surface area contributed by atoms with Gasteiger partial charge in [0.15, 0.2) is 6.61 Å². The Morgan fingerprint density at radius 1 is 1.00 bits per heavy atom. The van der Waals surface area contributed by atoms with Gasteiger partial charge in [0, 0.05) is 13.1 Å². The fourth-order valence-corrected chi connectivity index (χ4v) is 3.61. The number of ether oxygens (including phenoxy) is 1. The van der Waals surface area contributed by atoms with Gasteiger partial charge in [0.05, 0.1) is 0 Å². The van der Waals surface area contributed by atoms with Crippen LogP contribution in [0, 0.1) is 33.6 Å². The third kappa shape index (κ3) is 7.11. The number of carbonyl (C=O) groups is 2. The van der Waals surface area contributed by atoms with E-state index in [-0.39, 0.29) is 18.4 Å². The summed E-state index contributed by atoms with van der Waals surface area (Å²) >= 11 is 0. The van der Waals surface area contributed by atoms with Crippen LogP contribution in [-0.2, 0) is 16.1 Å². The van der Waals surface area contributed by atoms with Crippen LogP contribution in [0.3, 0.4) is 0 Å². The molecule has 0 aliphatic heterocycles. The standard InChI is InChI=1S/C27H38N2O3/c1-8-24(27(31)28-15-18(2)3)29(16-23-11-9-19(4)10-12-23)26(30)17-32-25-14-20(5)13-21(6)22(25)7/h9-14,18,24H,8,15-17H2,1-7H3,(H,28,31). The molecule has 5 nitrogen and oxygen atoms in total. The molecular formula is C27H38N2O3. The Hall–Kier alpha value is -2.82. The number of aryl methyl sites for hydroxylation is 3. The van der Waals surface area contributed by atoms with E-state index in [2.05, 4.69) is 25.2 Å². The summed E-state index contributed by atoms with van der Waals surface area (Å²) in [6.07, 6.45) is 0.532. The summed E-state index contributed by atoms with van der Waals surface area (Å²) in [5.41, 5.74) is 5.38. The number of amides is 2. The quantitative estimate of drug-likeness (QED) is 0.575. The molecule has 1 unspecified atom stereocenters. The molecule has 0 saturated carbocycles. The molecule has 2 amide bonds. The first-order chi connectivity index (χ1) is 15.1. The molecule has 0 aliphatic carbocycles. The Balaban J connectivity index is 2.24. The second-order valence-corrected chi connectivity index (χ2v) is 9.06. The first-order valence-electron chi connectivity index (χ1n) is 11.5. The number of rotatable bonds is 10. The highest BCUT2D eigenvalue weighted by Crippen LogP contribution is 2.23. The van der Waals surface area contributed by atoms with Crippen molar-refractivity contribution in [3.63, 3.8) is 0 Å². The molecule has 0 fully saturated rings. The summed E-state index contributed by atoms with van der Waals surface area (Å²) in [5, 5.41) is 2.99. The molecule has 1 atom stereocenters. The van der Waals surface area contributed by atoms with E-state index in [1.807, 2.05) is 65.0 Å². The van der Waals surface area contributed by atoms with Crippen molar-refractivity contribution in [1.82, 2.24) is 10.2 Å². The Labute approximate surface area is 193 Å². The summed E-state index contributed by atoms with van der Waals surface area (Å²) in [7, 11) is 0. The molecule has 0 saturated heterocycles. The van der Waals surface area contributed by atoms with Gasteiger partial charge in [0.1, 0.15) is 11.8 Å². The zero-order valence-electron chi connectivity index (χ0n) is 20.6. The normalized spacial score (nSPS) is 11.9. The molecule has 5 heteroatoms. The second kappa shape index (κ2) is 11.7. The zero-order chi connectivity index (χ0) is 23.8. The number of hydrogen-bond acceptors (Lipinski definition) is 3. The van der Waals surface area contributed by atoms with Crippen molar-refractivity contribution in [1.29, 1.82) is 0 Å². The van der Waals surface area contributed by atoms with Gasteiger partial charge in [0.25, 0.3) is 5.91 Å². The summed E-state index contributed by atoms with van der Waals surface area (Å²) in [6.45, 7) is 14.9. The Bertz CT molecular complexity index is 919. The monoisotopic (exact) mass is 438 g/mol. The van der Waals surface area contributed by atoms with Crippen LogP contribution in [0.5, 0.6) is 5.75 Å². The molecule has 0 heterocycles. The van der Waals surface area contributed by atoms with Gasteiger partial charge in [-0.2, -0.15) is 0 Å². The maximum atomic E-state index is 13.3. The lowest BCUT2D eigenvalue weighted by molar-refractivity contribution is -0.143. The minimum Gasteiger partial charge on any atom is -0.483 e. The Kier molecular flexibility index (Phi) is 9.30. The molecule has 2 rings (SSSR count). The fourth-order valence-electron chi connectivity index (χ4n) is 3.61. The second-order valence-electron chi connectivity index (χ2n) is 9.06. The Morgan fingerprint density at radius 3 is 2.25 bits per heavy atom. The van der Waals surface area contributed by atoms with Crippen LogP contribution in [0.4, 0.5) is 0 Å². The fraction of sp³-hybridized carbons (Fsp3) is 0.481. The Morgan fingerprint density at radius 2 is 1.66 bits per heavy atom. The van der Waals surface area contributed by atoms with Crippen LogP contribution in [0.15, 0.2) is 36.4 Å². The zero-order valence-corrected chi connectivity index (χ0v) is 20.6. The topological polar surface area (TPSA) is 58.6 Å². The lowest BCUT2D eigenvalue weighted by atomic mass is 10.1. The highest BCUT2D eigenvalue weighted by Gasteiger charge is 2.29. The SMILES string of the molecule is CCC(C(=O)NCC(C)C)N(Cc1ccc(C)cc1)C(=O)COc1cc(C)cc(C)c1C. The summed E-state index contributed by atoms with van der Waals surface area (Å²) in [4.78, 5) is 27.9. The maximum absolute atomic E-state index is 13.3. The molecule has 174 valence electrons. The van der Waals surface area contributed by atoms with Gasteiger partial charge < -0.3 is 15.0 Å². The molecule has 0 spiro atoms. The molecule has 2 aromatic rings. The molecular weight excluding hydrogens is 400 g/mol. The van der Waals surface area contributed by atoms with Crippen LogP contribution in [0.2, 0.25) is 0 Å². The minimum absolute atomic E-state index is 0.108. The summed E-state index contributed by atoms with van der Waals surface area (Å²) in [5.74, 6) is 0.733. The van der Waals surface area contributed by atoms with E-state index in [0.29, 0.717) is 31.2 Å². The van der Waals surface area contributed by atoms with E-state index in [4.69, 9.17) is 4.74 Å². The van der Waals surface area contributed by atoms with Gasteiger partial charge in [0.2, 0.25) is 5.91 Å². The van der Waals surface area contributed by atoms with Crippen LogP contribution in [0.25, 0.3) is 0 Å². The first kappa shape index (κ1) is 25.4. The third-order valence-corrected chi connectivity index (χ3v) is 5.66. The van der Waals surface area contributed by atoms with E-state index in [9.17, 15) is 9.59 Å². The highest BCUT2D eigenvalue weighted by molar-refractivity contribution is 5.88. The van der Waals surface area contributed by atoms with E-state index >= 15 is 0 Å². The number of carbonyl (C=O) groups excluding carboxylic acids is 2. The number of hydrogen-bond donors (Lipinski definition) is 1. The van der Waals surface area contributed by atoms with E-state index < -0.39 is 6.04 Å². The van der Waals surface area contributed by atoms with Gasteiger partial charge in [-0.15, -0.1) is 0 Å². The molecule has 2 aromatic carbocycles. The van der Waals surface area contributed by atoms with Gasteiger partial charge in [-0.25, -0.2) is 0 Å². The van der Waals surface area contributed by atoms with E-state index in [1.165, 1.54) is 0 Å². The summed E-state index contributed by atoms with van der Waals surface area (Å²) < 4.78 is 5.95. The average molecular weight is 439 g/mol. The van der Waals surface area contributed by atoms with E-state index in [0.717, 1.165) is 27.8 Å². The van der Waals surface area contributed by atoms with Crippen LogP contribution >= 0.6 is 0 Å². The van der Waals surface area contributed by atoms with Crippen molar-refractivity contribution < 1.29 is 14.3 Å². The van der Waals surface area contributed by atoms with Crippen LogP contribution < -0.4 is 10.1 Å². The molecule has 0 aromatic heterocycles. The summed E-state index contributed by atoms with van der Waals surface area (Å²) in [6, 6.07) is 11.5. The molecule has 0 bridgehead atoms. The first-order valence-corrected chi connectivity index (χ1v) is 11.5. The smallest absolute Gasteiger partial charge is 0.261 e. The number of benzene rings is 2. The van der Waals surface area contributed by atoms with Crippen LogP contribution in [0.1, 0.15) is 55.0 Å². The van der Waals surface area contributed by atoms with E-state index in [1.54, 1.807) is 4.90 Å². The largest absolute Gasteiger partial charge is 0.483 e. The molecule has 1 N–H and O–H groups in total. The number of nitrogens with one attached hydrogen (secondary N) is 1. The van der Waals surface area contributed by atoms with Gasteiger partial charge in [-0.3, -0.25) is 9.59 Å². The van der Waals surface area contributed by atoms with Crippen molar-refractivity contribution in [3.8, 4) is 5.75 Å². The molecule has 32 heavy (non-hydrogen) atoms. The van der Waals surface area contributed by atoms with Crippen molar-refractivity contribution in [2.45, 2.75) is 67.5 Å². The van der Waals surface area contributed by atoms with Crippen molar-refractivity contribution in [2.24, 2.45) is 5.92 Å². The predicted octanol–water partition coefficient (Wildman–Crippen LogP) is 4.88. The van der Waals surface area contributed by atoms with Gasteiger partial charge >= 0.3 is 0 Å². The van der Waals surface area contributed by atoms with Crippen molar-refractivity contribution >= 4 is 11.8 Å². The lowest BCUT2D eigenvalue weighted by Crippen LogP contribution is -2.50. The predicted molar refractivity (Wildman–Crippen MR) is 130 cm³/mol. The lowest BCUT2D eigenvalue weighted by Gasteiger charge is -2.31. The highest BCUT2D eigenvalue weighted by atomic mass is 16.5. The molecule has 0 aliphatic rings. The molecule has 0 radical (unpaired) electrons. The maximum Gasteiger partial charge on any atom is 0.261 e. The van der Waals surface area contributed by atoms with Crippen molar-refractivity contribution in [2.75, 3.05) is 13.2 Å². The minimum atomic E-state index is -0.550.